The maximum atomic E-state index is 4.37. The second-order valence-corrected chi connectivity index (χ2v) is 3.19. The summed E-state index contributed by atoms with van der Waals surface area (Å²) in [5.41, 5.74) is 1.05. The fraction of sp³-hybridized carbons (Fsp3) is 0.636. The lowest BCUT2D eigenvalue weighted by atomic mass is 10.4. The van der Waals surface area contributed by atoms with E-state index in [2.05, 4.69) is 14.9 Å². The Morgan fingerprint density at radius 2 is 1.86 bits per heavy atom. The molecule has 2 heterocycles. The van der Waals surface area contributed by atoms with Crippen LogP contribution in [0.3, 0.4) is 0 Å². The van der Waals surface area contributed by atoms with Gasteiger partial charge < -0.3 is 4.90 Å². The summed E-state index contributed by atoms with van der Waals surface area (Å²) in [6, 6.07) is 1.93. The Kier molecular flexibility index (Phi) is 4.36. The van der Waals surface area contributed by atoms with Gasteiger partial charge in [0.25, 0.3) is 0 Å². The standard InChI is InChI=1S/C9H13N3.C2H6/c1-8-4-5-10-9(11-8)12-6-2-3-7-12;1-2/h4-5H,2-3,6-7H2,1H3;1-2H3. The van der Waals surface area contributed by atoms with Gasteiger partial charge in [-0.2, -0.15) is 0 Å². The molecule has 1 aliphatic rings. The van der Waals surface area contributed by atoms with Crippen LogP contribution in [-0.2, 0) is 0 Å². The topological polar surface area (TPSA) is 29.0 Å². The van der Waals surface area contributed by atoms with Crippen LogP contribution in [0.5, 0.6) is 0 Å². The summed E-state index contributed by atoms with van der Waals surface area (Å²) < 4.78 is 0. The van der Waals surface area contributed by atoms with E-state index in [1.54, 1.807) is 0 Å². The highest BCUT2D eigenvalue weighted by Crippen LogP contribution is 2.14. The normalized spacial score (nSPS) is 14.9. The van der Waals surface area contributed by atoms with Crippen molar-refractivity contribution in [3.05, 3.63) is 18.0 Å². The number of aryl methyl sites for hydroxylation is 1. The summed E-state index contributed by atoms with van der Waals surface area (Å²) in [5.74, 6) is 0.896. The second-order valence-electron chi connectivity index (χ2n) is 3.19. The number of hydrogen-bond donors (Lipinski definition) is 0. The molecule has 1 fully saturated rings. The highest BCUT2D eigenvalue weighted by atomic mass is 15.3. The number of rotatable bonds is 1. The van der Waals surface area contributed by atoms with Crippen molar-refractivity contribution in [2.75, 3.05) is 18.0 Å². The van der Waals surface area contributed by atoms with Gasteiger partial charge in [-0.1, -0.05) is 13.8 Å². The molecule has 14 heavy (non-hydrogen) atoms. The smallest absolute Gasteiger partial charge is 0.225 e. The van der Waals surface area contributed by atoms with Gasteiger partial charge in [-0.25, -0.2) is 9.97 Å². The molecule has 0 bridgehead atoms. The Morgan fingerprint density at radius 1 is 1.21 bits per heavy atom. The maximum absolute atomic E-state index is 4.37. The SMILES string of the molecule is CC.Cc1ccnc(N2CCCC2)n1. The molecule has 3 heteroatoms. The molecule has 0 radical (unpaired) electrons. The second kappa shape index (κ2) is 5.58. The Labute approximate surface area is 86.2 Å². The van der Waals surface area contributed by atoms with Crippen molar-refractivity contribution in [1.82, 2.24) is 9.97 Å². The van der Waals surface area contributed by atoms with Crippen molar-refractivity contribution in [3.8, 4) is 0 Å². The molecule has 1 saturated heterocycles. The van der Waals surface area contributed by atoms with Crippen molar-refractivity contribution >= 4 is 5.95 Å². The number of anilines is 1. The van der Waals surface area contributed by atoms with Crippen LogP contribution in [0.25, 0.3) is 0 Å². The molecule has 0 aliphatic carbocycles. The summed E-state index contributed by atoms with van der Waals surface area (Å²) in [7, 11) is 0. The molecule has 0 spiro atoms. The number of hydrogen-bond acceptors (Lipinski definition) is 3. The lowest BCUT2D eigenvalue weighted by Gasteiger charge is -2.14. The molecule has 2 rings (SSSR count). The molecule has 0 aromatic carbocycles. The van der Waals surface area contributed by atoms with Crippen LogP contribution in [0.2, 0.25) is 0 Å². The molecule has 0 unspecified atom stereocenters. The monoisotopic (exact) mass is 193 g/mol. The molecule has 1 aromatic rings. The lowest BCUT2D eigenvalue weighted by Crippen LogP contribution is -2.20. The van der Waals surface area contributed by atoms with Crippen molar-refractivity contribution in [1.29, 1.82) is 0 Å². The zero-order chi connectivity index (χ0) is 10.4. The molecule has 3 nitrogen and oxygen atoms in total. The summed E-state index contributed by atoms with van der Waals surface area (Å²) in [5, 5.41) is 0. The van der Waals surface area contributed by atoms with Crippen LogP contribution >= 0.6 is 0 Å². The average molecular weight is 193 g/mol. The van der Waals surface area contributed by atoms with Crippen molar-refractivity contribution in [2.45, 2.75) is 33.6 Å². The maximum Gasteiger partial charge on any atom is 0.225 e. The number of nitrogens with zero attached hydrogens (tertiary/aromatic N) is 3. The molecular weight excluding hydrogens is 174 g/mol. The van der Waals surface area contributed by atoms with Crippen LogP contribution in [0.4, 0.5) is 5.95 Å². The van der Waals surface area contributed by atoms with E-state index in [9.17, 15) is 0 Å². The van der Waals surface area contributed by atoms with Crippen molar-refractivity contribution < 1.29 is 0 Å². The van der Waals surface area contributed by atoms with E-state index in [4.69, 9.17) is 0 Å². The van der Waals surface area contributed by atoms with Gasteiger partial charge in [0, 0.05) is 25.0 Å². The van der Waals surface area contributed by atoms with Gasteiger partial charge in [0.1, 0.15) is 0 Å². The minimum Gasteiger partial charge on any atom is -0.341 e. The average Bonchev–Trinajstić information content (AvgIpc) is 2.74. The predicted octanol–water partition coefficient (Wildman–Crippen LogP) is 2.41. The molecule has 0 N–H and O–H groups in total. The summed E-state index contributed by atoms with van der Waals surface area (Å²) in [6.45, 7) is 8.23. The van der Waals surface area contributed by atoms with E-state index in [1.807, 2.05) is 33.0 Å². The molecule has 78 valence electrons. The van der Waals surface area contributed by atoms with Gasteiger partial charge in [-0.05, 0) is 25.8 Å². The third kappa shape index (κ3) is 2.69. The molecule has 1 aromatic heterocycles. The van der Waals surface area contributed by atoms with Gasteiger partial charge in [0.15, 0.2) is 0 Å². The van der Waals surface area contributed by atoms with Gasteiger partial charge in [-0.15, -0.1) is 0 Å². The summed E-state index contributed by atoms with van der Waals surface area (Å²) in [4.78, 5) is 10.8. The summed E-state index contributed by atoms with van der Waals surface area (Å²) >= 11 is 0. The molecule has 0 saturated carbocycles. The van der Waals surface area contributed by atoms with Crippen LogP contribution in [0, 0.1) is 6.92 Å². The largest absolute Gasteiger partial charge is 0.341 e. The Hall–Kier alpha value is -1.12. The third-order valence-electron chi connectivity index (χ3n) is 2.17. The minimum absolute atomic E-state index is 0.896. The van der Waals surface area contributed by atoms with Crippen molar-refractivity contribution in [3.63, 3.8) is 0 Å². The zero-order valence-electron chi connectivity index (χ0n) is 9.32. The van der Waals surface area contributed by atoms with E-state index in [1.165, 1.54) is 12.8 Å². The van der Waals surface area contributed by atoms with E-state index >= 15 is 0 Å². The first-order valence-corrected chi connectivity index (χ1v) is 5.41. The van der Waals surface area contributed by atoms with Gasteiger partial charge in [0.2, 0.25) is 5.95 Å². The Balaban J connectivity index is 0.000000461. The molecule has 1 aliphatic heterocycles. The van der Waals surface area contributed by atoms with Gasteiger partial charge >= 0.3 is 0 Å². The quantitative estimate of drug-likeness (QED) is 0.686. The van der Waals surface area contributed by atoms with Gasteiger partial charge in [0.05, 0.1) is 0 Å². The first-order valence-electron chi connectivity index (χ1n) is 5.41. The molecular formula is C11H19N3. The molecule has 0 amide bonds. The van der Waals surface area contributed by atoms with Crippen molar-refractivity contribution in [2.24, 2.45) is 0 Å². The first kappa shape index (κ1) is 11.0. The fourth-order valence-electron chi connectivity index (χ4n) is 1.51. The predicted molar refractivity (Wildman–Crippen MR) is 59.6 cm³/mol. The van der Waals surface area contributed by atoms with Crippen LogP contribution in [-0.4, -0.2) is 23.1 Å². The van der Waals surface area contributed by atoms with E-state index in [0.717, 1.165) is 24.7 Å². The number of aromatic nitrogens is 2. The zero-order valence-corrected chi connectivity index (χ0v) is 9.32. The van der Waals surface area contributed by atoms with Crippen LogP contribution in [0.15, 0.2) is 12.3 Å². The highest BCUT2D eigenvalue weighted by molar-refractivity contribution is 5.30. The lowest BCUT2D eigenvalue weighted by molar-refractivity contribution is 0.889. The Bertz CT molecular complexity index is 267. The van der Waals surface area contributed by atoms with E-state index in [0.29, 0.717) is 0 Å². The molecule has 0 atom stereocenters. The van der Waals surface area contributed by atoms with E-state index < -0.39 is 0 Å². The first-order chi connectivity index (χ1) is 6.86. The van der Waals surface area contributed by atoms with E-state index in [-0.39, 0.29) is 0 Å². The van der Waals surface area contributed by atoms with Crippen LogP contribution in [0.1, 0.15) is 32.4 Å². The van der Waals surface area contributed by atoms with Gasteiger partial charge in [-0.3, -0.25) is 0 Å². The minimum atomic E-state index is 0.896. The highest BCUT2D eigenvalue weighted by Gasteiger charge is 2.13. The Morgan fingerprint density at radius 3 is 2.43 bits per heavy atom. The van der Waals surface area contributed by atoms with Crippen LogP contribution < -0.4 is 4.90 Å². The third-order valence-corrected chi connectivity index (χ3v) is 2.17. The fourth-order valence-corrected chi connectivity index (χ4v) is 1.51. The summed E-state index contributed by atoms with van der Waals surface area (Å²) in [6.07, 6.45) is 4.38.